The van der Waals surface area contributed by atoms with Gasteiger partial charge in [-0.2, -0.15) is 0 Å². The number of halogens is 1. The van der Waals surface area contributed by atoms with Crippen molar-refractivity contribution >= 4 is 34.0 Å². The summed E-state index contributed by atoms with van der Waals surface area (Å²) in [5.74, 6) is 1.88. The summed E-state index contributed by atoms with van der Waals surface area (Å²) in [6, 6.07) is 11.2. The number of ether oxygens (including phenoxy) is 2. The van der Waals surface area contributed by atoms with E-state index in [1.807, 2.05) is 36.4 Å². The zero-order chi connectivity index (χ0) is 15.5. The lowest BCUT2D eigenvalue weighted by molar-refractivity contribution is 0.358. The molecule has 22 heavy (non-hydrogen) atoms. The van der Waals surface area contributed by atoms with Crippen molar-refractivity contribution in [2.75, 3.05) is 19.5 Å². The van der Waals surface area contributed by atoms with Crippen LogP contribution in [0, 0.1) is 0 Å². The maximum absolute atomic E-state index is 6.01. The van der Waals surface area contributed by atoms with Gasteiger partial charge in [0.2, 0.25) is 0 Å². The van der Waals surface area contributed by atoms with Crippen LogP contribution < -0.4 is 14.8 Å². The molecule has 0 aliphatic heterocycles. The number of nitrogens with one attached hydrogen (secondary N) is 1. The Balaban J connectivity index is 2.11. The Hall–Kier alpha value is -2.53. The summed E-state index contributed by atoms with van der Waals surface area (Å²) < 4.78 is 10.7. The third-order valence-corrected chi connectivity index (χ3v) is 3.47. The van der Waals surface area contributed by atoms with Gasteiger partial charge in [0.05, 0.1) is 14.2 Å². The van der Waals surface area contributed by atoms with E-state index in [1.165, 1.54) is 6.33 Å². The van der Waals surface area contributed by atoms with Crippen LogP contribution in [0.3, 0.4) is 0 Å². The first-order valence-electron chi connectivity index (χ1n) is 6.61. The number of hydrogen-bond acceptors (Lipinski definition) is 5. The molecule has 0 aliphatic carbocycles. The molecule has 0 saturated heterocycles. The number of anilines is 2. The van der Waals surface area contributed by atoms with Gasteiger partial charge in [-0.3, -0.25) is 0 Å². The van der Waals surface area contributed by atoms with Crippen molar-refractivity contribution in [3.05, 3.63) is 47.7 Å². The average molecular weight is 316 g/mol. The summed E-state index contributed by atoms with van der Waals surface area (Å²) in [7, 11) is 3.18. The van der Waals surface area contributed by atoms with E-state index >= 15 is 0 Å². The van der Waals surface area contributed by atoms with Gasteiger partial charge in [-0.25, -0.2) is 9.97 Å². The van der Waals surface area contributed by atoms with Crippen LogP contribution in [0.15, 0.2) is 42.7 Å². The van der Waals surface area contributed by atoms with E-state index in [9.17, 15) is 0 Å². The van der Waals surface area contributed by atoms with E-state index in [2.05, 4.69) is 15.3 Å². The van der Waals surface area contributed by atoms with Gasteiger partial charge in [0.25, 0.3) is 0 Å². The zero-order valence-corrected chi connectivity index (χ0v) is 12.9. The topological polar surface area (TPSA) is 56.3 Å². The van der Waals surface area contributed by atoms with E-state index in [4.69, 9.17) is 21.1 Å². The number of hydrogen-bond donors (Lipinski definition) is 1. The number of fused-ring (bicyclic) bond motifs is 1. The predicted octanol–water partition coefficient (Wildman–Crippen LogP) is 4.04. The van der Waals surface area contributed by atoms with Crippen LogP contribution in [0.2, 0.25) is 5.02 Å². The van der Waals surface area contributed by atoms with Crippen LogP contribution >= 0.6 is 11.6 Å². The second-order valence-corrected chi connectivity index (χ2v) is 4.99. The highest BCUT2D eigenvalue weighted by Gasteiger charge is 2.13. The normalized spacial score (nSPS) is 10.5. The first kappa shape index (κ1) is 14.4. The summed E-state index contributed by atoms with van der Waals surface area (Å²) in [6.45, 7) is 0. The third-order valence-electron chi connectivity index (χ3n) is 3.24. The van der Waals surface area contributed by atoms with Gasteiger partial charge in [0, 0.05) is 16.1 Å². The quantitative estimate of drug-likeness (QED) is 0.787. The molecule has 1 aromatic heterocycles. The maximum Gasteiger partial charge on any atom is 0.187 e. The highest BCUT2D eigenvalue weighted by molar-refractivity contribution is 6.30. The van der Waals surface area contributed by atoms with Crippen molar-refractivity contribution < 1.29 is 9.47 Å². The molecule has 0 bridgehead atoms. The van der Waals surface area contributed by atoms with Gasteiger partial charge in [-0.05, 0) is 30.3 Å². The molecule has 6 heteroatoms. The molecule has 5 nitrogen and oxygen atoms in total. The summed E-state index contributed by atoms with van der Waals surface area (Å²) in [5, 5.41) is 4.73. The van der Waals surface area contributed by atoms with Crippen molar-refractivity contribution in [1.29, 1.82) is 0 Å². The zero-order valence-electron chi connectivity index (χ0n) is 12.1. The Morgan fingerprint density at radius 1 is 1.05 bits per heavy atom. The van der Waals surface area contributed by atoms with Gasteiger partial charge in [0.1, 0.15) is 17.7 Å². The first-order valence-corrected chi connectivity index (χ1v) is 6.99. The summed E-state index contributed by atoms with van der Waals surface area (Å²) in [6.07, 6.45) is 1.48. The molecule has 0 saturated carbocycles. The van der Waals surface area contributed by atoms with Crippen molar-refractivity contribution in [3.8, 4) is 11.5 Å². The van der Waals surface area contributed by atoms with Gasteiger partial charge in [-0.15, -0.1) is 0 Å². The van der Waals surface area contributed by atoms with Crippen LogP contribution in [-0.4, -0.2) is 24.2 Å². The van der Waals surface area contributed by atoms with Crippen molar-refractivity contribution in [2.45, 2.75) is 0 Å². The second kappa shape index (κ2) is 6.07. The van der Waals surface area contributed by atoms with Gasteiger partial charge < -0.3 is 14.8 Å². The Labute approximate surface area is 132 Å². The molecule has 0 spiro atoms. The minimum absolute atomic E-state index is 0.580. The molecule has 1 heterocycles. The molecule has 3 aromatic rings. The Morgan fingerprint density at radius 3 is 2.64 bits per heavy atom. The van der Waals surface area contributed by atoms with Gasteiger partial charge >= 0.3 is 0 Å². The van der Waals surface area contributed by atoms with Crippen molar-refractivity contribution in [2.24, 2.45) is 0 Å². The lowest BCUT2D eigenvalue weighted by Crippen LogP contribution is -1.98. The smallest absolute Gasteiger partial charge is 0.187 e. The molecule has 112 valence electrons. The SMILES string of the molecule is COc1ccc2c(Nc3cccc(Cl)c3)ncnc2c1OC. The van der Waals surface area contributed by atoms with E-state index in [0.717, 1.165) is 11.1 Å². The third kappa shape index (κ3) is 2.63. The minimum atomic E-state index is 0.580. The van der Waals surface area contributed by atoms with E-state index in [0.29, 0.717) is 27.9 Å². The van der Waals surface area contributed by atoms with Crippen LogP contribution in [-0.2, 0) is 0 Å². The average Bonchev–Trinajstić information content (AvgIpc) is 2.54. The second-order valence-electron chi connectivity index (χ2n) is 4.55. The first-order chi connectivity index (χ1) is 10.7. The molecule has 0 fully saturated rings. The molecule has 1 N–H and O–H groups in total. The standard InChI is InChI=1S/C16H14ClN3O2/c1-21-13-7-6-12-14(15(13)22-2)18-9-19-16(12)20-11-5-3-4-10(17)8-11/h3-9H,1-2H3,(H,18,19,20). The molecule has 0 radical (unpaired) electrons. The maximum atomic E-state index is 6.01. The Bertz CT molecular complexity index is 824. The molecule has 3 rings (SSSR count). The van der Waals surface area contributed by atoms with Crippen molar-refractivity contribution in [1.82, 2.24) is 9.97 Å². The van der Waals surface area contributed by atoms with Gasteiger partial charge in [0.15, 0.2) is 11.5 Å². The molecule has 0 aliphatic rings. The Morgan fingerprint density at radius 2 is 1.91 bits per heavy atom. The minimum Gasteiger partial charge on any atom is -0.493 e. The Kier molecular flexibility index (Phi) is 3.98. The number of nitrogens with zero attached hydrogens (tertiary/aromatic N) is 2. The molecular formula is C16H14ClN3O2. The molecule has 0 atom stereocenters. The number of aromatic nitrogens is 2. The lowest BCUT2D eigenvalue weighted by atomic mass is 10.2. The van der Waals surface area contributed by atoms with E-state index in [1.54, 1.807) is 14.2 Å². The monoisotopic (exact) mass is 315 g/mol. The largest absolute Gasteiger partial charge is 0.493 e. The fourth-order valence-electron chi connectivity index (χ4n) is 2.25. The molecular weight excluding hydrogens is 302 g/mol. The summed E-state index contributed by atoms with van der Waals surface area (Å²) in [5.41, 5.74) is 1.53. The van der Waals surface area contributed by atoms with E-state index < -0.39 is 0 Å². The summed E-state index contributed by atoms with van der Waals surface area (Å²) >= 11 is 6.01. The fourth-order valence-corrected chi connectivity index (χ4v) is 2.44. The highest BCUT2D eigenvalue weighted by atomic mass is 35.5. The number of rotatable bonds is 4. The van der Waals surface area contributed by atoms with Crippen LogP contribution in [0.4, 0.5) is 11.5 Å². The molecule has 0 unspecified atom stereocenters. The predicted molar refractivity (Wildman–Crippen MR) is 87.4 cm³/mol. The van der Waals surface area contributed by atoms with Crippen molar-refractivity contribution in [3.63, 3.8) is 0 Å². The highest BCUT2D eigenvalue weighted by Crippen LogP contribution is 2.36. The van der Waals surface area contributed by atoms with E-state index in [-0.39, 0.29) is 0 Å². The lowest BCUT2D eigenvalue weighted by Gasteiger charge is -2.12. The van der Waals surface area contributed by atoms with Gasteiger partial charge in [-0.1, -0.05) is 17.7 Å². The molecule has 2 aromatic carbocycles. The number of benzene rings is 2. The molecule has 0 amide bonds. The summed E-state index contributed by atoms with van der Waals surface area (Å²) in [4.78, 5) is 8.60. The number of methoxy groups -OCH3 is 2. The van der Waals surface area contributed by atoms with Crippen LogP contribution in [0.1, 0.15) is 0 Å². The van der Waals surface area contributed by atoms with Crippen LogP contribution in [0.25, 0.3) is 10.9 Å². The van der Waals surface area contributed by atoms with Crippen LogP contribution in [0.5, 0.6) is 11.5 Å². The fraction of sp³-hybridized carbons (Fsp3) is 0.125.